The van der Waals surface area contributed by atoms with Crippen molar-refractivity contribution in [1.82, 2.24) is 5.32 Å². The second-order valence-electron chi connectivity index (χ2n) is 4.51. The minimum absolute atomic E-state index is 0.157. The van der Waals surface area contributed by atoms with Crippen molar-refractivity contribution in [3.05, 3.63) is 76.8 Å². The summed E-state index contributed by atoms with van der Waals surface area (Å²) >= 11 is 6.01. The van der Waals surface area contributed by atoms with Crippen molar-refractivity contribution in [2.45, 2.75) is 6.04 Å². The fourth-order valence-electron chi connectivity index (χ4n) is 1.92. The Morgan fingerprint density at radius 3 is 2.48 bits per heavy atom. The number of carbonyl (C=O) groups is 1. The molecule has 0 aromatic heterocycles. The Bertz CT molecular complexity index is 626. The van der Waals surface area contributed by atoms with E-state index in [4.69, 9.17) is 11.6 Å². The van der Waals surface area contributed by atoms with E-state index in [-0.39, 0.29) is 12.5 Å². The molecule has 2 aromatic rings. The average molecular weight is 302 g/mol. The van der Waals surface area contributed by atoms with Crippen molar-refractivity contribution in [3.63, 3.8) is 0 Å². The van der Waals surface area contributed by atoms with Gasteiger partial charge in [-0.3, -0.25) is 4.79 Å². The fourth-order valence-corrected chi connectivity index (χ4v) is 2.11. The van der Waals surface area contributed by atoms with Gasteiger partial charge in [-0.25, -0.2) is 0 Å². The van der Waals surface area contributed by atoms with E-state index in [1.165, 1.54) is 6.08 Å². The van der Waals surface area contributed by atoms with E-state index in [0.29, 0.717) is 5.02 Å². The quantitative estimate of drug-likeness (QED) is 0.833. The number of hydrogen-bond acceptors (Lipinski definition) is 2. The van der Waals surface area contributed by atoms with Gasteiger partial charge in [0.05, 0.1) is 12.6 Å². The smallest absolute Gasteiger partial charge is 0.244 e. The highest BCUT2D eigenvalue weighted by molar-refractivity contribution is 6.32. The lowest BCUT2D eigenvalue weighted by Crippen LogP contribution is -2.29. The second-order valence-corrected chi connectivity index (χ2v) is 4.92. The number of nitrogens with one attached hydrogen (secondary N) is 1. The van der Waals surface area contributed by atoms with Gasteiger partial charge in [-0.05, 0) is 23.3 Å². The third kappa shape index (κ3) is 4.45. The van der Waals surface area contributed by atoms with E-state index >= 15 is 0 Å². The highest BCUT2D eigenvalue weighted by Gasteiger charge is 2.11. The maximum Gasteiger partial charge on any atom is 0.244 e. The van der Waals surface area contributed by atoms with Crippen LogP contribution in [0, 0.1) is 0 Å². The first-order valence-corrected chi connectivity index (χ1v) is 6.97. The summed E-state index contributed by atoms with van der Waals surface area (Å²) in [6, 6.07) is 16.2. The van der Waals surface area contributed by atoms with E-state index in [9.17, 15) is 9.90 Å². The van der Waals surface area contributed by atoms with Crippen molar-refractivity contribution < 1.29 is 9.90 Å². The molecule has 3 nitrogen and oxygen atoms in total. The summed E-state index contributed by atoms with van der Waals surface area (Å²) in [5, 5.41) is 12.7. The molecule has 0 aliphatic rings. The first-order valence-electron chi connectivity index (χ1n) is 6.59. The lowest BCUT2D eigenvalue weighted by atomic mass is 10.1. The molecule has 0 bridgehead atoms. The monoisotopic (exact) mass is 301 g/mol. The summed E-state index contributed by atoms with van der Waals surface area (Å²) in [6.07, 6.45) is 3.06. The van der Waals surface area contributed by atoms with Gasteiger partial charge in [0, 0.05) is 11.1 Å². The number of carbonyl (C=O) groups excluding carboxylic acids is 1. The summed E-state index contributed by atoms with van der Waals surface area (Å²) < 4.78 is 0. The van der Waals surface area contributed by atoms with Crippen LogP contribution in [0.1, 0.15) is 17.2 Å². The van der Waals surface area contributed by atoms with Crippen LogP contribution in [-0.2, 0) is 4.79 Å². The topological polar surface area (TPSA) is 49.3 Å². The molecule has 2 rings (SSSR count). The van der Waals surface area contributed by atoms with Crippen LogP contribution in [0.4, 0.5) is 0 Å². The number of rotatable bonds is 5. The lowest BCUT2D eigenvalue weighted by molar-refractivity contribution is -0.117. The van der Waals surface area contributed by atoms with Crippen LogP contribution in [0.25, 0.3) is 6.08 Å². The molecule has 0 fully saturated rings. The van der Waals surface area contributed by atoms with Gasteiger partial charge in [0.25, 0.3) is 0 Å². The van der Waals surface area contributed by atoms with Crippen LogP contribution in [0.3, 0.4) is 0 Å². The van der Waals surface area contributed by atoms with Crippen LogP contribution >= 0.6 is 11.6 Å². The molecule has 2 N–H and O–H groups in total. The number of benzene rings is 2. The number of amides is 1. The van der Waals surface area contributed by atoms with Crippen molar-refractivity contribution in [1.29, 1.82) is 0 Å². The summed E-state index contributed by atoms with van der Waals surface area (Å²) in [5.41, 5.74) is 1.63. The van der Waals surface area contributed by atoms with Crippen molar-refractivity contribution in [3.8, 4) is 0 Å². The standard InChI is InChI=1S/C17H16ClNO2/c18-15-9-5-4-6-13(15)10-11-17(21)19-16(12-20)14-7-2-1-3-8-14/h1-11,16,20H,12H2,(H,19,21)/b11-10+/t16-/m1/s1. The van der Waals surface area contributed by atoms with E-state index in [1.807, 2.05) is 48.5 Å². The molecule has 0 radical (unpaired) electrons. The van der Waals surface area contributed by atoms with Gasteiger partial charge in [0.2, 0.25) is 5.91 Å². The molecule has 0 unspecified atom stereocenters. The lowest BCUT2D eigenvalue weighted by Gasteiger charge is -2.15. The normalized spacial score (nSPS) is 12.3. The largest absolute Gasteiger partial charge is 0.394 e. The van der Waals surface area contributed by atoms with Gasteiger partial charge in [-0.1, -0.05) is 60.1 Å². The molecular formula is C17H16ClNO2. The predicted octanol–water partition coefficient (Wildman–Crippen LogP) is 3.20. The van der Waals surface area contributed by atoms with Crippen LogP contribution in [-0.4, -0.2) is 17.6 Å². The Morgan fingerprint density at radius 2 is 1.81 bits per heavy atom. The van der Waals surface area contributed by atoms with Gasteiger partial charge in [-0.2, -0.15) is 0 Å². The third-order valence-corrected chi connectivity index (χ3v) is 3.36. The van der Waals surface area contributed by atoms with Gasteiger partial charge >= 0.3 is 0 Å². The summed E-state index contributed by atoms with van der Waals surface area (Å²) in [6.45, 7) is -0.157. The highest BCUT2D eigenvalue weighted by Crippen LogP contribution is 2.16. The van der Waals surface area contributed by atoms with Crippen LogP contribution in [0.15, 0.2) is 60.7 Å². The van der Waals surface area contributed by atoms with Crippen molar-refractivity contribution in [2.24, 2.45) is 0 Å². The molecule has 0 saturated heterocycles. The molecule has 1 amide bonds. The van der Waals surface area contributed by atoms with Crippen LogP contribution < -0.4 is 5.32 Å². The van der Waals surface area contributed by atoms with Gasteiger partial charge in [0.1, 0.15) is 0 Å². The number of hydrogen-bond donors (Lipinski definition) is 2. The number of halogens is 1. The van der Waals surface area contributed by atoms with Gasteiger partial charge in [-0.15, -0.1) is 0 Å². The maximum atomic E-state index is 11.9. The Labute approximate surface area is 128 Å². The van der Waals surface area contributed by atoms with Gasteiger partial charge < -0.3 is 10.4 Å². The zero-order chi connectivity index (χ0) is 15.1. The SMILES string of the molecule is O=C(/C=C/c1ccccc1Cl)N[C@H](CO)c1ccccc1. The Hall–Kier alpha value is -2.10. The molecule has 0 spiro atoms. The summed E-state index contributed by atoms with van der Waals surface area (Å²) in [4.78, 5) is 11.9. The third-order valence-electron chi connectivity index (χ3n) is 3.02. The molecule has 4 heteroatoms. The first-order chi connectivity index (χ1) is 10.2. The van der Waals surface area contributed by atoms with Crippen molar-refractivity contribution in [2.75, 3.05) is 6.61 Å². The predicted molar refractivity (Wildman–Crippen MR) is 84.9 cm³/mol. The fraction of sp³-hybridized carbons (Fsp3) is 0.118. The molecule has 108 valence electrons. The molecule has 1 atom stereocenters. The molecule has 0 aliphatic heterocycles. The molecule has 0 saturated carbocycles. The minimum atomic E-state index is -0.422. The summed E-state index contributed by atoms with van der Waals surface area (Å²) in [7, 11) is 0. The molecule has 21 heavy (non-hydrogen) atoms. The van der Waals surface area contributed by atoms with E-state index in [1.54, 1.807) is 12.1 Å². The van der Waals surface area contributed by atoms with Gasteiger partial charge in [0.15, 0.2) is 0 Å². The first kappa shape index (κ1) is 15.3. The Kier molecular flexibility index (Phi) is 5.55. The molecule has 2 aromatic carbocycles. The second kappa shape index (κ2) is 7.62. The number of aliphatic hydroxyl groups is 1. The van der Waals surface area contributed by atoms with E-state index < -0.39 is 6.04 Å². The Balaban J connectivity index is 2.02. The maximum absolute atomic E-state index is 11.9. The molecule has 0 heterocycles. The zero-order valence-corrected chi connectivity index (χ0v) is 12.1. The number of aliphatic hydroxyl groups excluding tert-OH is 1. The van der Waals surface area contributed by atoms with Crippen LogP contribution in [0.2, 0.25) is 5.02 Å². The Morgan fingerprint density at radius 1 is 1.14 bits per heavy atom. The van der Waals surface area contributed by atoms with E-state index in [0.717, 1.165) is 11.1 Å². The summed E-state index contributed by atoms with van der Waals surface area (Å²) in [5.74, 6) is -0.280. The van der Waals surface area contributed by atoms with E-state index in [2.05, 4.69) is 5.32 Å². The molecule has 0 aliphatic carbocycles. The molecular weight excluding hydrogens is 286 g/mol. The van der Waals surface area contributed by atoms with Crippen LogP contribution in [0.5, 0.6) is 0 Å². The average Bonchev–Trinajstić information content (AvgIpc) is 2.52. The minimum Gasteiger partial charge on any atom is -0.394 e. The highest BCUT2D eigenvalue weighted by atomic mass is 35.5. The zero-order valence-electron chi connectivity index (χ0n) is 11.4. The van der Waals surface area contributed by atoms with Crippen molar-refractivity contribution >= 4 is 23.6 Å².